The van der Waals surface area contributed by atoms with Crippen LogP contribution in [-0.2, 0) is 4.79 Å². The van der Waals surface area contributed by atoms with Crippen molar-refractivity contribution in [1.29, 1.82) is 0 Å². The lowest BCUT2D eigenvalue weighted by Crippen LogP contribution is -2.18. The van der Waals surface area contributed by atoms with Gasteiger partial charge in [-0.1, -0.05) is 26.7 Å². The Hall–Kier alpha value is -1.32. The number of hydrogen-bond acceptors (Lipinski definition) is 2. The van der Waals surface area contributed by atoms with Crippen LogP contribution in [0.5, 0.6) is 0 Å². The van der Waals surface area contributed by atoms with Gasteiger partial charge in [0.1, 0.15) is 11.7 Å². The Morgan fingerprint density at radius 2 is 2.12 bits per heavy atom. The van der Waals surface area contributed by atoms with E-state index < -0.39 is 11.9 Å². The number of carbonyl (C=O) groups is 1. The number of aliphatic carboxylic acids is 1. The Morgan fingerprint density at radius 1 is 1.47 bits per heavy atom. The van der Waals surface area contributed by atoms with Crippen LogP contribution in [-0.4, -0.2) is 21.0 Å². The molecular weight excluding hydrogens is 216 g/mol. The fraction of sp³-hybridized carbons (Fsp3) is 0.692. The van der Waals surface area contributed by atoms with Crippen molar-refractivity contribution in [2.24, 2.45) is 5.92 Å². The van der Waals surface area contributed by atoms with Crippen molar-refractivity contribution in [3.8, 4) is 0 Å². The minimum atomic E-state index is -0.799. The molecule has 4 nitrogen and oxygen atoms in total. The quantitative estimate of drug-likeness (QED) is 0.844. The van der Waals surface area contributed by atoms with Crippen molar-refractivity contribution in [2.45, 2.75) is 51.4 Å². The third-order valence-electron chi connectivity index (χ3n) is 3.64. The van der Waals surface area contributed by atoms with Crippen LogP contribution in [0, 0.1) is 5.92 Å². The summed E-state index contributed by atoms with van der Waals surface area (Å²) in [5.74, 6) is -0.111. The van der Waals surface area contributed by atoms with Crippen molar-refractivity contribution < 1.29 is 9.90 Å². The molecule has 2 rings (SSSR count). The lowest BCUT2D eigenvalue weighted by molar-refractivity contribution is -0.140. The molecule has 1 aromatic rings. The lowest BCUT2D eigenvalue weighted by Gasteiger charge is -2.13. The molecular formula is C13H20N2O2. The van der Waals surface area contributed by atoms with Crippen LogP contribution in [0.15, 0.2) is 6.20 Å². The van der Waals surface area contributed by atoms with Crippen molar-refractivity contribution in [1.82, 2.24) is 9.97 Å². The van der Waals surface area contributed by atoms with Gasteiger partial charge >= 0.3 is 5.97 Å². The van der Waals surface area contributed by atoms with E-state index in [-0.39, 0.29) is 5.92 Å². The first kappa shape index (κ1) is 12.1. The number of nitrogens with one attached hydrogen (secondary N) is 1. The molecule has 0 amide bonds. The van der Waals surface area contributed by atoms with Gasteiger partial charge in [0.05, 0.1) is 0 Å². The number of hydrogen-bond donors (Lipinski definition) is 2. The normalized spacial score (nSPS) is 18.8. The zero-order valence-electron chi connectivity index (χ0n) is 10.4. The van der Waals surface area contributed by atoms with E-state index >= 15 is 0 Å². The van der Waals surface area contributed by atoms with Crippen LogP contribution in [0.1, 0.15) is 62.9 Å². The average molecular weight is 236 g/mol. The topological polar surface area (TPSA) is 66.0 Å². The highest BCUT2D eigenvalue weighted by atomic mass is 16.4. The second kappa shape index (κ2) is 4.90. The Labute approximate surface area is 101 Å². The summed E-state index contributed by atoms with van der Waals surface area (Å²) in [5.41, 5.74) is 1.12. The van der Waals surface area contributed by atoms with E-state index in [2.05, 4.69) is 9.97 Å². The van der Waals surface area contributed by atoms with Crippen molar-refractivity contribution >= 4 is 5.97 Å². The van der Waals surface area contributed by atoms with Gasteiger partial charge in [0.15, 0.2) is 0 Å². The second-order valence-corrected chi connectivity index (χ2v) is 5.27. The van der Waals surface area contributed by atoms with Gasteiger partial charge in [-0.15, -0.1) is 0 Å². The first-order valence-electron chi connectivity index (χ1n) is 6.37. The Morgan fingerprint density at radius 3 is 2.65 bits per heavy atom. The third kappa shape index (κ3) is 2.51. The molecule has 2 N–H and O–H groups in total. The molecule has 0 spiro atoms. The molecule has 1 heterocycles. The predicted molar refractivity (Wildman–Crippen MR) is 65.0 cm³/mol. The maximum atomic E-state index is 11.2. The summed E-state index contributed by atoms with van der Waals surface area (Å²) in [7, 11) is 0. The number of carboxylic acids is 1. The van der Waals surface area contributed by atoms with Gasteiger partial charge in [0, 0.05) is 17.8 Å². The summed E-state index contributed by atoms with van der Waals surface area (Å²) in [5, 5.41) is 9.21. The highest BCUT2D eigenvalue weighted by Gasteiger charge is 2.28. The molecule has 0 radical (unpaired) electrons. The number of nitrogens with zero attached hydrogens (tertiary/aromatic N) is 1. The zero-order valence-corrected chi connectivity index (χ0v) is 10.4. The highest BCUT2D eigenvalue weighted by Crippen LogP contribution is 2.34. The highest BCUT2D eigenvalue weighted by molar-refractivity contribution is 5.75. The maximum absolute atomic E-state index is 11.2. The van der Waals surface area contributed by atoms with E-state index in [0.717, 1.165) is 5.69 Å². The standard InChI is InChI=1S/C13H20N2O2/c1-8(2)11(13(16)17)12-14-7-10(15-12)9-5-3-4-6-9/h7-9,11H,3-6H2,1-2H3,(H,14,15)(H,16,17). The summed E-state index contributed by atoms with van der Waals surface area (Å²) in [4.78, 5) is 18.7. The first-order valence-corrected chi connectivity index (χ1v) is 6.37. The van der Waals surface area contributed by atoms with Gasteiger partial charge in [-0.25, -0.2) is 4.98 Å². The van der Waals surface area contributed by atoms with Gasteiger partial charge in [-0.2, -0.15) is 0 Å². The largest absolute Gasteiger partial charge is 0.481 e. The van der Waals surface area contributed by atoms with E-state index in [0.29, 0.717) is 11.7 Å². The molecule has 4 heteroatoms. The first-order chi connectivity index (χ1) is 8.09. The average Bonchev–Trinajstić information content (AvgIpc) is 2.83. The van der Waals surface area contributed by atoms with E-state index in [4.69, 9.17) is 0 Å². The predicted octanol–water partition coefficient (Wildman–Crippen LogP) is 2.89. The molecule has 0 aliphatic heterocycles. The van der Waals surface area contributed by atoms with Gasteiger partial charge in [0.2, 0.25) is 0 Å². The maximum Gasteiger partial charge on any atom is 0.314 e. The number of aromatic amines is 1. The Balaban J connectivity index is 2.18. The molecule has 17 heavy (non-hydrogen) atoms. The molecule has 1 atom stereocenters. The molecule has 1 saturated carbocycles. The molecule has 1 unspecified atom stereocenters. The van der Waals surface area contributed by atoms with Crippen LogP contribution >= 0.6 is 0 Å². The van der Waals surface area contributed by atoms with E-state index in [9.17, 15) is 9.90 Å². The van der Waals surface area contributed by atoms with Gasteiger partial charge in [-0.05, 0) is 18.8 Å². The molecule has 0 bridgehead atoms. The van der Waals surface area contributed by atoms with Crippen molar-refractivity contribution in [3.63, 3.8) is 0 Å². The summed E-state index contributed by atoms with van der Waals surface area (Å²) < 4.78 is 0. The molecule has 1 aliphatic carbocycles. The third-order valence-corrected chi connectivity index (χ3v) is 3.64. The monoisotopic (exact) mass is 236 g/mol. The summed E-state index contributed by atoms with van der Waals surface area (Å²) in [6, 6.07) is 0. The number of rotatable bonds is 4. The number of H-pyrrole nitrogens is 1. The fourth-order valence-corrected chi connectivity index (χ4v) is 2.67. The van der Waals surface area contributed by atoms with Crippen LogP contribution in [0.2, 0.25) is 0 Å². The summed E-state index contributed by atoms with van der Waals surface area (Å²) in [6.07, 6.45) is 6.75. The fourth-order valence-electron chi connectivity index (χ4n) is 2.67. The zero-order chi connectivity index (χ0) is 12.4. The number of carboxylic acid groups (broad SMARTS) is 1. The molecule has 0 saturated heterocycles. The molecule has 1 fully saturated rings. The van der Waals surface area contributed by atoms with Crippen LogP contribution in [0.3, 0.4) is 0 Å². The molecule has 1 aliphatic rings. The molecule has 1 aromatic heterocycles. The van der Waals surface area contributed by atoms with E-state index in [1.54, 1.807) is 0 Å². The van der Waals surface area contributed by atoms with Gasteiger partial charge < -0.3 is 10.1 Å². The summed E-state index contributed by atoms with van der Waals surface area (Å²) in [6.45, 7) is 3.83. The van der Waals surface area contributed by atoms with Crippen LogP contribution in [0.25, 0.3) is 0 Å². The Kier molecular flexibility index (Phi) is 3.50. The van der Waals surface area contributed by atoms with Crippen molar-refractivity contribution in [2.75, 3.05) is 0 Å². The lowest BCUT2D eigenvalue weighted by atomic mass is 9.95. The van der Waals surface area contributed by atoms with Crippen molar-refractivity contribution in [3.05, 3.63) is 17.7 Å². The SMILES string of the molecule is CC(C)C(C(=O)O)c1ncc(C2CCCC2)[nH]1. The van der Waals surface area contributed by atoms with Gasteiger partial charge in [0.25, 0.3) is 0 Å². The molecule has 94 valence electrons. The summed E-state index contributed by atoms with van der Waals surface area (Å²) >= 11 is 0. The Bertz CT molecular complexity index is 392. The number of imidazole rings is 1. The van der Waals surface area contributed by atoms with Crippen LogP contribution < -0.4 is 0 Å². The molecule has 0 aromatic carbocycles. The number of aromatic nitrogens is 2. The van der Waals surface area contributed by atoms with E-state index in [1.807, 2.05) is 20.0 Å². The van der Waals surface area contributed by atoms with E-state index in [1.165, 1.54) is 25.7 Å². The second-order valence-electron chi connectivity index (χ2n) is 5.27. The van der Waals surface area contributed by atoms with Crippen LogP contribution in [0.4, 0.5) is 0 Å². The minimum Gasteiger partial charge on any atom is -0.481 e. The van der Waals surface area contributed by atoms with Gasteiger partial charge in [-0.3, -0.25) is 4.79 Å². The smallest absolute Gasteiger partial charge is 0.314 e. The minimum absolute atomic E-state index is 0.0510.